The molecule has 1 heterocycles. The molecule has 0 unspecified atom stereocenters. The lowest BCUT2D eigenvalue weighted by Crippen LogP contribution is -2.16. The molecule has 3 N–H and O–H groups in total. The first-order chi connectivity index (χ1) is 9.47. The van der Waals surface area contributed by atoms with Crippen LogP contribution in [0.1, 0.15) is 16.0 Å². The Balaban J connectivity index is 1.81. The Hall–Kier alpha value is -1.21. The predicted octanol–water partition coefficient (Wildman–Crippen LogP) is 2.04. The van der Waals surface area contributed by atoms with Gasteiger partial charge in [0.1, 0.15) is 0 Å². The Bertz CT molecular complexity index is 661. The summed E-state index contributed by atoms with van der Waals surface area (Å²) < 4.78 is 22.3. The van der Waals surface area contributed by atoms with Gasteiger partial charge in [0.15, 0.2) is 0 Å². The van der Waals surface area contributed by atoms with Crippen LogP contribution in [-0.4, -0.2) is 15.0 Å². The second kappa shape index (κ2) is 6.49. The van der Waals surface area contributed by atoms with Crippen LogP contribution in [0.2, 0.25) is 0 Å². The predicted molar refractivity (Wildman–Crippen MR) is 82.3 cm³/mol. The summed E-state index contributed by atoms with van der Waals surface area (Å²) in [4.78, 5) is 1.51. The molecule has 0 aliphatic heterocycles. The van der Waals surface area contributed by atoms with Crippen LogP contribution in [0.3, 0.4) is 0 Å². The number of hydrogen-bond donors (Lipinski definition) is 2. The molecule has 2 aromatic rings. The highest BCUT2D eigenvalue weighted by atomic mass is 32.2. The fourth-order valence-corrected chi connectivity index (χ4v) is 3.26. The van der Waals surface area contributed by atoms with Crippen molar-refractivity contribution in [3.8, 4) is 0 Å². The number of sulfonamides is 1. The number of rotatable bonds is 6. The highest BCUT2D eigenvalue weighted by Crippen LogP contribution is 2.14. The third-order valence-corrected chi connectivity index (χ3v) is 5.05. The molecular formula is C14H18N2O2S2. The van der Waals surface area contributed by atoms with Crippen molar-refractivity contribution in [2.24, 2.45) is 5.14 Å². The maximum atomic E-state index is 11.1. The van der Waals surface area contributed by atoms with Crippen molar-refractivity contribution in [1.29, 1.82) is 0 Å². The topological polar surface area (TPSA) is 72.2 Å². The van der Waals surface area contributed by atoms with Crippen molar-refractivity contribution >= 4 is 21.4 Å². The fraction of sp³-hybridized carbons (Fsp3) is 0.286. The van der Waals surface area contributed by atoms with E-state index in [1.54, 1.807) is 35.6 Å². The molecule has 0 spiro atoms. The van der Waals surface area contributed by atoms with Crippen LogP contribution in [0.25, 0.3) is 0 Å². The molecule has 0 radical (unpaired) electrons. The van der Waals surface area contributed by atoms with E-state index in [1.807, 2.05) is 0 Å². The third-order valence-electron chi connectivity index (χ3n) is 3.10. The number of aryl methyl sites for hydroxylation is 1. The number of thiophene rings is 1. The number of benzene rings is 1. The van der Waals surface area contributed by atoms with Gasteiger partial charge in [-0.3, -0.25) is 0 Å². The standard InChI is InChI=1S/C14H18N2O2S2/c1-11-7-9-19-14(11)10-16-8-6-12-2-4-13(5-3-12)20(15,17)18/h2-5,7,9,16H,6,8,10H2,1H3,(H2,15,17,18). The van der Waals surface area contributed by atoms with Gasteiger partial charge in [0.05, 0.1) is 4.90 Å². The Morgan fingerprint density at radius 2 is 1.90 bits per heavy atom. The SMILES string of the molecule is Cc1ccsc1CNCCc1ccc(S(N)(=O)=O)cc1. The second-order valence-electron chi connectivity index (χ2n) is 4.64. The van der Waals surface area contributed by atoms with Crippen molar-refractivity contribution in [1.82, 2.24) is 5.32 Å². The monoisotopic (exact) mass is 310 g/mol. The third kappa shape index (κ3) is 4.14. The minimum atomic E-state index is -3.59. The average Bonchev–Trinajstić information content (AvgIpc) is 2.80. The first-order valence-electron chi connectivity index (χ1n) is 6.32. The van der Waals surface area contributed by atoms with Crippen LogP contribution < -0.4 is 10.5 Å². The summed E-state index contributed by atoms with van der Waals surface area (Å²) >= 11 is 1.76. The van der Waals surface area contributed by atoms with Gasteiger partial charge < -0.3 is 5.32 Å². The zero-order valence-corrected chi connectivity index (χ0v) is 12.9. The number of nitrogens with two attached hydrogens (primary N) is 1. The summed E-state index contributed by atoms with van der Waals surface area (Å²) in [6.07, 6.45) is 0.856. The van der Waals surface area contributed by atoms with Gasteiger partial charge in [0.25, 0.3) is 0 Å². The van der Waals surface area contributed by atoms with E-state index in [4.69, 9.17) is 5.14 Å². The maximum absolute atomic E-state index is 11.1. The highest BCUT2D eigenvalue weighted by molar-refractivity contribution is 7.89. The molecule has 1 aromatic heterocycles. The lowest BCUT2D eigenvalue weighted by molar-refractivity contribution is 0.597. The van der Waals surface area contributed by atoms with Gasteiger partial charge in [0.2, 0.25) is 10.0 Å². The number of hydrogen-bond acceptors (Lipinski definition) is 4. The van der Waals surface area contributed by atoms with E-state index < -0.39 is 10.0 Å². The van der Waals surface area contributed by atoms with Gasteiger partial charge in [-0.05, 0) is 54.6 Å². The molecule has 0 atom stereocenters. The number of primary sulfonamides is 1. The molecule has 0 bridgehead atoms. The zero-order valence-electron chi connectivity index (χ0n) is 11.3. The zero-order chi connectivity index (χ0) is 14.6. The van der Waals surface area contributed by atoms with E-state index in [0.717, 1.165) is 25.1 Å². The lowest BCUT2D eigenvalue weighted by atomic mass is 10.1. The van der Waals surface area contributed by atoms with Gasteiger partial charge in [0, 0.05) is 11.4 Å². The second-order valence-corrected chi connectivity index (χ2v) is 7.20. The van der Waals surface area contributed by atoms with Gasteiger partial charge >= 0.3 is 0 Å². The fourth-order valence-electron chi connectivity index (χ4n) is 1.87. The first-order valence-corrected chi connectivity index (χ1v) is 8.75. The van der Waals surface area contributed by atoms with E-state index in [-0.39, 0.29) is 4.90 Å². The molecule has 0 fully saturated rings. The quantitative estimate of drug-likeness (QED) is 0.802. The summed E-state index contributed by atoms with van der Waals surface area (Å²) in [5.74, 6) is 0. The van der Waals surface area contributed by atoms with Crippen molar-refractivity contribution in [2.75, 3.05) is 6.54 Å². The normalized spacial score (nSPS) is 11.7. The summed E-state index contributed by atoms with van der Waals surface area (Å²) in [6, 6.07) is 8.82. The molecule has 108 valence electrons. The summed E-state index contributed by atoms with van der Waals surface area (Å²) in [7, 11) is -3.59. The van der Waals surface area contributed by atoms with E-state index in [2.05, 4.69) is 23.7 Å². The minimum absolute atomic E-state index is 0.156. The molecule has 4 nitrogen and oxygen atoms in total. The minimum Gasteiger partial charge on any atom is -0.312 e. The van der Waals surface area contributed by atoms with E-state index in [9.17, 15) is 8.42 Å². The van der Waals surface area contributed by atoms with Gasteiger partial charge in [-0.25, -0.2) is 13.6 Å². The van der Waals surface area contributed by atoms with Crippen molar-refractivity contribution in [3.05, 3.63) is 51.7 Å². The van der Waals surface area contributed by atoms with Gasteiger partial charge in [-0.15, -0.1) is 11.3 Å². The molecule has 0 saturated heterocycles. The highest BCUT2D eigenvalue weighted by Gasteiger charge is 2.06. The summed E-state index contributed by atoms with van der Waals surface area (Å²) in [5.41, 5.74) is 2.41. The van der Waals surface area contributed by atoms with Crippen LogP contribution in [0, 0.1) is 6.92 Å². The van der Waals surface area contributed by atoms with Crippen LogP contribution in [0.5, 0.6) is 0 Å². The molecule has 6 heteroatoms. The molecule has 0 amide bonds. The molecular weight excluding hydrogens is 292 g/mol. The Labute approximate surface area is 123 Å². The Kier molecular flexibility index (Phi) is 4.93. The lowest BCUT2D eigenvalue weighted by Gasteiger charge is -2.05. The molecule has 20 heavy (non-hydrogen) atoms. The van der Waals surface area contributed by atoms with Crippen molar-refractivity contribution in [3.63, 3.8) is 0 Å². The van der Waals surface area contributed by atoms with Gasteiger partial charge in [-0.2, -0.15) is 0 Å². The largest absolute Gasteiger partial charge is 0.312 e. The Morgan fingerprint density at radius 3 is 2.45 bits per heavy atom. The molecule has 0 saturated carbocycles. The molecule has 1 aromatic carbocycles. The smallest absolute Gasteiger partial charge is 0.238 e. The number of nitrogens with one attached hydrogen (secondary N) is 1. The summed E-state index contributed by atoms with van der Waals surface area (Å²) in [5, 5.41) is 10.5. The van der Waals surface area contributed by atoms with E-state index in [1.165, 1.54) is 10.4 Å². The van der Waals surface area contributed by atoms with Crippen LogP contribution >= 0.6 is 11.3 Å². The summed E-state index contributed by atoms with van der Waals surface area (Å²) in [6.45, 7) is 3.84. The van der Waals surface area contributed by atoms with E-state index >= 15 is 0 Å². The van der Waals surface area contributed by atoms with Crippen LogP contribution in [0.15, 0.2) is 40.6 Å². The van der Waals surface area contributed by atoms with Crippen LogP contribution in [0.4, 0.5) is 0 Å². The molecule has 2 rings (SSSR count). The first kappa shape index (κ1) is 15.2. The maximum Gasteiger partial charge on any atom is 0.238 e. The van der Waals surface area contributed by atoms with Crippen molar-refractivity contribution < 1.29 is 8.42 Å². The molecule has 0 aliphatic rings. The molecule has 0 aliphatic carbocycles. The van der Waals surface area contributed by atoms with Crippen LogP contribution in [-0.2, 0) is 23.0 Å². The van der Waals surface area contributed by atoms with Crippen molar-refractivity contribution in [2.45, 2.75) is 24.8 Å². The average molecular weight is 310 g/mol. The Morgan fingerprint density at radius 1 is 1.20 bits per heavy atom. The van der Waals surface area contributed by atoms with Gasteiger partial charge in [-0.1, -0.05) is 12.1 Å². The van der Waals surface area contributed by atoms with E-state index in [0.29, 0.717) is 0 Å².